The minimum absolute atomic E-state index is 0.0908. The van der Waals surface area contributed by atoms with Crippen LogP contribution in [0.1, 0.15) is 69.6 Å². The van der Waals surface area contributed by atoms with E-state index in [0.29, 0.717) is 66.7 Å². The zero-order valence-corrected chi connectivity index (χ0v) is 28.9. The minimum atomic E-state index is -0.540. The number of nitrogens with one attached hydrogen (secondary N) is 1. The number of fused-ring (bicyclic) bond motifs is 1. The summed E-state index contributed by atoms with van der Waals surface area (Å²) in [5.41, 5.74) is 10.4. The van der Waals surface area contributed by atoms with E-state index < -0.39 is 11.9 Å². The number of nitrogen functional groups attached to an aromatic ring is 1. The van der Waals surface area contributed by atoms with Crippen LogP contribution in [-0.2, 0) is 27.2 Å². The van der Waals surface area contributed by atoms with E-state index in [1.165, 1.54) is 32.1 Å². The highest BCUT2D eigenvalue weighted by atomic mass is 79.9. The van der Waals surface area contributed by atoms with Gasteiger partial charge in [0.2, 0.25) is 0 Å². The molecule has 0 amide bonds. The van der Waals surface area contributed by atoms with Crippen LogP contribution in [-0.4, -0.2) is 49.3 Å². The van der Waals surface area contributed by atoms with Crippen LogP contribution in [0.4, 0.5) is 5.69 Å². The lowest BCUT2D eigenvalue weighted by Crippen LogP contribution is -2.24. The Morgan fingerprint density at radius 3 is 2.43 bits per heavy atom. The SMILES string of the molecule is COc1ccc2c(c1)c(CC(=O)OCCOC(=O)c1cc(Br)c(N)c(CNCC3CCCCC3)c1)c(C)n2C(=O)c1ccc(Cl)cc1. The van der Waals surface area contributed by atoms with Gasteiger partial charge in [-0.15, -0.1) is 0 Å². The van der Waals surface area contributed by atoms with Gasteiger partial charge in [0, 0.05) is 32.7 Å². The Labute approximate surface area is 287 Å². The maximum Gasteiger partial charge on any atom is 0.338 e. The van der Waals surface area contributed by atoms with E-state index in [-0.39, 0.29) is 25.5 Å². The molecule has 0 aliphatic heterocycles. The lowest BCUT2D eigenvalue weighted by Gasteiger charge is -2.22. The van der Waals surface area contributed by atoms with Gasteiger partial charge in [0.15, 0.2) is 0 Å². The summed E-state index contributed by atoms with van der Waals surface area (Å²) < 4.78 is 18.5. The Bertz CT molecular complexity index is 1770. The molecular formula is C36H39BrClN3O6. The third kappa shape index (κ3) is 8.36. The molecule has 0 spiro atoms. The summed E-state index contributed by atoms with van der Waals surface area (Å²) in [6.45, 7) is 3.01. The highest BCUT2D eigenvalue weighted by Gasteiger charge is 2.23. The van der Waals surface area contributed by atoms with Gasteiger partial charge in [0.05, 0.1) is 30.3 Å². The molecule has 0 bridgehead atoms. The summed E-state index contributed by atoms with van der Waals surface area (Å²) in [6.07, 6.45) is 6.26. The molecule has 3 aromatic carbocycles. The number of halogens is 2. The lowest BCUT2D eigenvalue weighted by atomic mass is 9.89. The Kier molecular flexibility index (Phi) is 11.6. The molecule has 11 heteroatoms. The van der Waals surface area contributed by atoms with Crippen molar-refractivity contribution >= 4 is 62.0 Å². The summed E-state index contributed by atoms with van der Waals surface area (Å²) in [5.74, 6) is -0.0501. The van der Waals surface area contributed by atoms with Gasteiger partial charge < -0.3 is 25.3 Å². The second-order valence-electron chi connectivity index (χ2n) is 11.8. The van der Waals surface area contributed by atoms with Gasteiger partial charge in [0.1, 0.15) is 19.0 Å². The van der Waals surface area contributed by atoms with Gasteiger partial charge in [-0.1, -0.05) is 30.9 Å². The van der Waals surface area contributed by atoms with Crippen LogP contribution in [0.5, 0.6) is 5.75 Å². The number of rotatable bonds is 12. The number of aromatic nitrogens is 1. The van der Waals surface area contributed by atoms with Crippen molar-refractivity contribution in [3.05, 3.63) is 92.0 Å². The normalized spacial score (nSPS) is 13.4. The van der Waals surface area contributed by atoms with Crippen molar-refractivity contribution in [3.8, 4) is 5.75 Å². The van der Waals surface area contributed by atoms with Gasteiger partial charge in [-0.05, 0) is 114 Å². The molecule has 0 atom stereocenters. The summed E-state index contributed by atoms with van der Waals surface area (Å²) >= 11 is 9.48. The number of anilines is 1. The molecule has 0 saturated heterocycles. The van der Waals surface area contributed by atoms with E-state index in [1.54, 1.807) is 73.2 Å². The fraction of sp³-hybridized carbons (Fsp3) is 0.361. The van der Waals surface area contributed by atoms with Crippen LogP contribution in [0.15, 0.2) is 59.1 Å². The topological polar surface area (TPSA) is 122 Å². The number of methoxy groups -OCH3 is 1. The summed E-state index contributed by atoms with van der Waals surface area (Å²) in [4.78, 5) is 39.4. The number of nitrogens with two attached hydrogens (primary N) is 1. The lowest BCUT2D eigenvalue weighted by molar-refractivity contribution is -0.143. The molecule has 3 N–H and O–H groups in total. The van der Waals surface area contributed by atoms with Crippen LogP contribution in [0.2, 0.25) is 5.02 Å². The molecule has 47 heavy (non-hydrogen) atoms. The van der Waals surface area contributed by atoms with Crippen LogP contribution in [0.25, 0.3) is 10.9 Å². The van der Waals surface area contributed by atoms with E-state index >= 15 is 0 Å². The van der Waals surface area contributed by atoms with Crippen molar-refractivity contribution in [2.24, 2.45) is 5.92 Å². The maximum atomic E-state index is 13.5. The Morgan fingerprint density at radius 1 is 0.979 bits per heavy atom. The summed E-state index contributed by atoms with van der Waals surface area (Å²) in [7, 11) is 1.55. The molecule has 1 aromatic heterocycles. The van der Waals surface area contributed by atoms with E-state index in [0.717, 1.165) is 12.1 Å². The monoisotopic (exact) mass is 723 g/mol. The molecule has 0 unspecified atom stereocenters. The fourth-order valence-corrected chi connectivity index (χ4v) is 6.73. The van der Waals surface area contributed by atoms with Crippen molar-refractivity contribution in [2.75, 3.05) is 32.6 Å². The summed E-state index contributed by atoms with van der Waals surface area (Å²) in [6, 6.07) is 15.4. The van der Waals surface area contributed by atoms with E-state index in [2.05, 4.69) is 21.2 Å². The maximum absolute atomic E-state index is 13.5. The highest BCUT2D eigenvalue weighted by Crippen LogP contribution is 2.31. The first-order valence-electron chi connectivity index (χ1n) is 15.8. The van der Waals surface area contributed by atoms with Gasteiger partial charge in [-0.25, -0.2) is 4.79 Å². The second kappa shape index (κ2) is 15.8. The molecule has 1 fully saturated rings. The van der Waals surface area contributed by atoms with E-state index in [4.69, 9.17) is 31.5 Å². The van der Waals surface area contributed by atoms with Crippen LogP contribution < -0.4 is 15.8 Å². The first kappa shape index (κ1) is 34.5. The number of hydrogen-bond acceptors (Lipinski definition) is 8. The summed E-state index contributed by atoms with van der Waals surface area (Å²) in [5, 5.41) is 4.71. The predicted octanol–water partition coefficient (Wildman–Crippen LogP) is 7.26. The van der Waals surface area contributed by atoms with Crippen molar-refractivity contribution in [3.63, 3.8) is 0 Å². The first-order chi connectivity index (χ1) is 22.7. The average molecular weight is 725 g/mol. The van der Waals surface area contributed by atoms with E-state index in [1.807, 2.05) is 0 Å². The number of carbonyl (C=O) groups excluding carboxylic acids is 3. The van der Waals surface area contributed by atoms with Crippen molar-refractivity contribution < 1.29 is 28.6 Å². The number of esters is 2. The van der Waals surface area contributed by atoms with Crippen molar-refractivity contribution in [1.29, 1.82) is 0 Å². The van der Waals surface area contributed by atoms with Crippen molar-refractivity contribution in [1.82, 2.24) is 9.88 Å². The quantitative estimate of drug-likeness (QED) is 0.0890. The molecule has 5 rings (SSSR count). The Balaban J connectivity index is 1.19. The third-order valence-corrected chi connectivity index (χ3v) is 9.57. The fourth-order valence-electron chi connectivity index (χ4n) is 6.11. The molecule has 1 saturated carbocycles. The number of carbonyl (C=O) groups is 3. The number of benzene rings is 3. The molecule has 4 aromatic rings. The Hall–Kier alpha value is -3.86. The van der Waals surface area contributed by atoms with Gasteiger partial charge in [-0.3, -0.25) is 14.2 Å². The largest absolute Gasteiger partial charge is 0.497 e. The average Bonchev–Trinajstić information content (AvgIpc) is 3.34. The zero-order chi connectivity index (χ0) is 33.5. The Morgan fingerprint density at radius 2 is 1.70 bits per heavy atom. The van der Waals surface area contributed by atoms with Crippen LogP contribution >= 0.6 is 27.5 Å². The number of ether oxygens (including phenoxy) is 3. The van der Waals surface area contributed by atoms with Gasteiger partial charge in [-0.2, -0.15) is 0 Å². The highest BCUT2D eigenvalue weighted by molar-refractivity contribution is 9.10. The van der Waals surface area contributed by atoms with Gasteiger partial charge >= 0.3 is 11.9 Å². The second-order valence-corrected chi connectivity index (χ2v) is 13.1. The number of hydrogen-bond donors (Lipinski definition) is 2. The predicted molar refractivity (Wildman–Crippen MR) is 186 cm³/mol. The van der Waals surface area contributed by atoms with E-state index in [9.17, 15) is 14.4 Å². The molecule has 1 aliphatic rings. The minimum Gasteiger partial charge on any atom is -0.497 e. The molecule has 1 heterocycles. The molecular weight excluding hydrogens is 686 g/mol. The standard InChI is InChI=1S/C36H39BrClN3O6/c1-22-29(30-18-28(45-2)12-13-32(30)41(22)35(43)24-8-10-27(38)11-9-24)19-33(42)46-14-15-47-36(44)25-16-26(34(39)31(37)17-25)21-40-20-23-6-4-3-5-7-23/h8-13,16-18,23,40H,3-7,14-15,19-21,39H2,1-2H3. The van der Waals surface area contributed by atoms with Crippen LogP contribution in [0.3, 0.4) is 0 Å². The van der Waals surface area contributed by atoms with Crippen molar-refractivity contribution in [2.45, 2.75) is 52.0 Å². The third-order valence-electron chi connectivity index (χ3n) is 8.66. The zero-order valence-electron chi connectivity index (χ0n) is 26.6. The molecule has 9 nitrogen and oxygen atoms in total. The smallest absolute Gasteiger partial charge is 0.338 e. The first-order valence-corrected chi connectivity index (χ1v) is 16.9. The molecule has 1 aliphatic carbocycles. The molecule has 0 radical (unpaired) electrons. The van der Waals surface area contributed by atoms with Crippen LogP contribution in [0, 0.1) is 12.8 Å². The molecule has 248 valence electrons. The van der Waals surface area contributed by atoms with Gasteiger partial charge in [0.25, 0.3) is 5.91 Å². The number of nitrogens with zero attached hydrogens (tertiary/aromatic N) is 1.